The van der Waals surface area contributed by atoms with Gasteiger partial charge in [0.25, 0.3) is 0 Å². The Balaban J connectivity index is 0.000000461. The van der Waals surface area contributed by atoms with Gasteiger partial charge < -0.3 is 9.72 Å². The van der Waals surface area contributed by atoms with Crippen molar-refractivity contribution in [2.75, 3.05) is 7.11 Å². The lowest BCUT2D eigenvalue weighted by atomic mass is 10.2. The molecule has 3 heteroatoms. The van der Waals surface area contributed by atoms with Crippen molar-refractivity contribution >= 4 is 11.0 Å². The molecule has 0 radical (unpaired) electrons. The monoisotopic (exact) mass is 192 g/mol. The van der Waals surface area contributed by atoms with Crippen molar-refractivity contribution in [2.24, 2.45) is 0 Å². The molecule has 0 saturated carbocycles. The first-order valence-corrected chi connectivity index (χ1v) is 4.79. The van der Waals surface area contributed by atoms with E-state index in [9.17, 15) is 0 Å². The van der Waals surface area contributed by atoms with Crippen LogP contribution in [0.15, 0.2) is 18.5 Å². The highest BCUT2D eigenvalue weighted by Gasteiger charge is 2.05. The van der Waals surface area contributed by atoms with E-state index in [1.807, 2.05) is 33.0 Å². The third-order valence-corrected chi connectivity index (χ3v) is 1.95. The molecule has 2 rings (SSSR count). The molecule has 0 bridgehead atoms. The first-order chi connectivity index (χ1) is 6.83. The molecule has 0 spiro atoms. The summed E-state index contributed by atoms with van der Waals surface area (Å²) in [6.07, 6.45) is 3.66. The summed E-state index contributed by atoms with van der Waals surface area (Å²) in [5.74, 6) is 0.874. The van der Waals surface area contributed by atoms with Crippen molar-refractivity contribution in [3.8, 4) is 5.75 Å². The molecule has 3 nitrogen and oxygen atoms in total. The van der Waals surface area contributed by atoms with E-state index in [1.54, 1.807) is 13.3 Å². The Morgan fingerprint density at radius 3 is 2.71 bits per heavy atom. The Bertz CT molecular complexity index is 407. The molecule has 0 aromatic carbocycles. The van der Waals surface area contributed by atoms with Crippen molar-refractivity contribution in [1.82, 2.24) is 9.97 Å². The van der Waals surface area contributed by atoms with E-state index in [1.165, 1.54) is 0 Å². The van der Waals surface area contributed by atoms with Gasteiger partial charge in [0.15, 0.2) is 0 Å². The average molecular weight is 192 g/mol. The van der Waals surface area contributed by atoms with Gasteiger partial charge in [0, 0.05) is 12.4 Å². The third-order valence-electron chi connectivity index (χ3n) is 1.95. The molecule has 0 atom stereocenters. The van der Waals surface area contributed by atoms with Crippen LogP contribution in [0, 0.1) is 6.92 Å². The fraction of sp³-hybridized carbons (Fsp3) is 0.364. The van der Waals surface area contributed by atoms with Gasteiger partial charge in [-0.3, -0.25) is 0 Å². The zero-order chi connectivity index (χ0) is 10.6. The number of aryl methyl sites for hydroxylation is 1. The van der Waals surface area contributed by atoms with Crippen LogP contribution in [-0.2, 0) is 0 Å². The maximum absolute atomic E-state index is 5.21. The van der Waals surface area contributed by atoms with Crippen LogP contribution in [0.3, 0.4) is 0 Å². The van der Waals surface area contributed by atoms with Gasteiger partial charge in [-0.2, -0.15) is 0 Å². The number of aromatic amines is 1. The smallest absolute Gasteiger partial charge is 0.141 e. The van der Waals surface area contributed by atoms with E-state index >= 15 is 0 Å². The number of hydrogen-bond donors (Lipinski definition) is 1. The molecule has 0 aliphatic heterocycles. The van der Waals surface area contributed by atoms with Gasteiger partial charge in [-0.1, -0.05) is 13.8 Å². The van der Waals surface area contributed by atoms with E-state index in [0.717, 1.165) is 22.3 Å². The molecule has 1 N–H and O–H groups in total. The van der Waals surface area contributed by atoms with Crippen molar-refractivity contribution < 1.29 is 4.74 Å². The molecule has 14 heavy (non-hydrogen) atoms. The lowest BCUT2D eigenvalue weighted by Crippen LogP contribution is -1.85. The summed E-state index contributed by atoms with van der Waals surface area (Å²) in [7, 11) is 1.67. The number of methoxy groups -OCH3 is 1. The maximum atomic E-state index is 5.21. The van der Waals surface area contributed by atoms with Crippen molar-refractivity contribution in [3.63, 3.8) is 0 Å². The molecule has 0 aliphatic rings. The van der Waals surface area contributed by atoms with Crippen LogP contribution in [-0.4, -0.2) is 17.1 Å². The summed E-state index contributed by atoms with van der Waals surface area (Å²) in [6.45, 7) is 6.03. The van der Waals surface area contributed by atoms with Gasteiger partial charge in [-0.15, -0.1) is 0 Å². The normalized spacial score (nSPS) is 9.43. The quantitative estimate of drug-likeness (QED) is 0.754. The van der Waals surface area contributed by atoms with E-state index in [2.05, 4.69) is 9.97 Å². The molecule has 0 fully saturated rings. The minimum atomic E-state index is 0.874. The molecule has 2 aromatic rings. The highest BCUT2D eigenvalue weighted by atomic mass is 16.5. The highest BCUT2D eigenvalue weighted by Crippen LogP contribution is 2.25. The van der Waals surface area contributed by atoms with Crippen LogP contribution < -0.4 is 4.74 Å². The highest BCUT2D eigenvalue weighted by molar-refractivity contribution is 5.85. The second kappa shape index (κ2) is 4.65. The van der Waals surface area contributed by atoms with Crippen LogP contribution in [0.25, 0.3) is 11.0 Å². The summed E-state index contributed by atoms with van der Waals surface area (Å²) < 4.78 is 5.21. The van der Waals surface area contributed by atoms with E-state index in [0.29, 0.717) is 0 Å². The molecule has 0 aliphatic carbocycles. The Morgan fingerprint density at radius 2 is 2.07 bits per heavy atom. The maximum Gasteiger partial charge on any atom is 0.141 e. The molecule has 0 saturated heterocycles. The summed E-state index contributed by atoms with van der Waals surface area (Å²) in [4.78, 5) is 7.25. The van der Waals surface area contributed by atoms with Crippen molar-refractivity contribution in [1.29, 1.82) is 0 Å². The molecule has 2 heterocycles. The number of pyridine rings is 1. The van der Waals surface area contributed by atoms with Crippen molar-refractivity contribution in [2.45, 2.75) is 20.8 Å². The van der Waals surface area contributed by atoms with Crippen LogP contribution >= 0.6 is 0 Å². The van der Waals surface area contributed by atoms with E-state index in [4.69, 9.17) is 4.74 Å². The second-order valence-electron chi connectivity index (χ2n) is 2.71. The average Bonchev–Trinajstić information content (AvgIpc) is 2.64. The van der Waals surface area contributed by atoms with Gasteiger partial charge in [-0.25, -0.2) is 4.98 Å². The SMILES string of the molecule is CC.COc1ccnc2[nH]cc(C)c12. The number of fused-ring (bicyclic) bond motifs is 1. The summed E-state index contributed by atoms with van der Waals surface area (Å²) in [5, 5.41) is 1.07. The minimum Gasteiger partial charge on any atom is -0.496 e. The van der Waals surface area contributed by atoms with Gasteiger partial charge in [0.2, 0.25) is 0 Å². The van der Waals surface area contributed by atoms with Gasteiger partial charge in [-0.05, 0) is 18.6 Å². The fourth-order valence-corrected chi connectivity index (χ4v) is 1.35. The number of H-pyrrole nitrogens is 1. The van der Waals surface area contributed by atoms with Gasteiger partial charge in [0.1, 0.15) is 11.4 Å². The van der Waals surface area contributed by atoms with E-state index in [-0.39, 0.29) is 0 Å². The number of rotatable bonds is 1. The predicted octanol–water partition coefficient (Wildman–Crippen LogP) is 2.91. The van der Waals surface area contributed by atoms with Crippen LogP contribution in [0.4, 0.5) is 0 Å². The summed E-state index contributed by atoms with van der Waals surface area (Å²) in [6, 6.07) is 1.86. The van der Waals surface area contributed by atoms with Crippen LogP contribution in [0.2, 0.25) is 0 Å². The number of nitrogens with one attached hydrogen (secondary N) is 1. The molecular weight excluding hydrogens is 176 g/mol. The number of nitrogens with zero attached hydrogens (tertiary/aromatic N) is 1. The number of hydrogen-bond acceptors (Lipinski definition) is 2. The zero-order valence-electron chi connectivity index (χ0n) is 9.09. The molecule has 0 unspecified atom stereocenters. The Kier molecular flexibility index (Phi) is 3.51. The largest absolute Gasteiger partial charge is 0.496 e. The van der Waals surface area contributed by atoms with Crippen LogP contribution in [0.5, 0.6) is 5.75 Å². The standard InChI is InChI=1S/C9H10N2O.C2H6/c1-6-5-11-9-8(6)7(12-2)3-4-10-9;1-2/h3-5H,1-2H3,(H,10,11);1-2H3. The molecule has 2 aromatic heterocycles. The predicted molar refractivity (Wildman–Crippen MR) is 58.7 cm³/mol. The Morgan fingerprint density at radius 1 is 1.36 bits per heavy atom. The van der Waals surface area contributed by atoms with Gasteiger partial charge in [0.05, 0.1) is 12.5 Å². The molecule has 76 valence electrons. The zero-order valence-corrected chi connectivity index (χ0v) is 9.09. The molecular formula is C11H16N2O. The first kappa shape index (κ1) is 10.6. The van der Waals surface area contributed by atoms with Gasteiger partial charge >= 0.3 is 0 Å². The third kappa shape index (κ3) is 1.71. The lowest BCUT2D eigenvalue weighted by molar-refractivity contribution is 0.419. The topological polar surface area (TPSA) is 37.9 Å². The lowest BCUT2D eigenvalue weighted by Gasteiger charge is -2.00. The minimum absolute atomic E-state index is 0.874. The second-order valence-corrected chi connectivity index (χ2v) is 2.71. The summed E-state index contributed by atoms with van der Waals surface area (Å²) >= 11 is 0. The number of aromatic nitrogens is 2. The Labute approximate surface area is 84.1 Å². The Hall–Kier alpha value is -1.51. The molecule has 0 amide bonds. The first-order valence-electron chi connectivity index (χ1n) is 4.79. The number of ether oxygens (including phenoxy) is 1. The summed E-state index contributed by atoms with van der Waals surface area (Å²) in [5.41, 5.74) is 2.04. The van der Waals surface area contributed by atoms with Crippen LogP contribution in [0.1, 0.15) is 19.4 Å². The van der Waals surface area contributed by atoms with E-state index < -0.39 is 0 Å². The van der Waals surface area contributed by atoms with Crippen molar-refractivity contribution in [3.05, 3.63) is 24.0 Å². The fourth-order valence-electron chi connectivity index (χ4n) is 1.35.